The van der Waals surface area contributed by atoms with Gasteiger partial charge >= 0.3 is 0 Å². The smallest absolute Gasteiger partial charge is 0.262 e. The second-order valence-corrected chi connectivity index (χ2v) is 6.82. The number of aryl methyl sites for hydroxylation is 1. The number of hydrogen-bond acceptors (Lipinski definition) is 4. The highest BCUT2D eigenvalue weighted by molar-refractivity contribution is 7.92. The molecular formula is C18H23NO4S. The van der Waals surface area contributed by atoms with E-state index in [-0.39, 0.29) is 4.90 Å². The van der Waals surface area contributed by atoms with Crippen LogP contribution in [0.4, 0.5) is 5.69 Å². The first-order chi connectivity index (χ1) is 11.5. The Morgan fingerprint density at radius 3 is 2.29 bits per heavy atom. The molecule has 0 aromatic heterocycles. The van der Waals surface area contributed by atoms with Crippen molar-refractivity contribution < 1.29 is 17.9 Å². The van der Waals surface area contributed by atoms with E-state index >= 15 is 0 Å². The van der Waals surface area contributed by atoms with Crippen LogP contribution in [-0.2, 0) is 16.4 Å². The number of benzene rings is 2. The molecular weight excluding hydrogens is 326 g/mol. The van der Waals surface area contributed by atoms with Crippen LogP contribution in [0.25, 0.3) is 0 Å². The Bertz CT molecular complexity index is 787. The highest BCUT2D eigenvalue weighted by Gasteiger charge is 2.17. The van der Waals surface area contributed by atoms with E-state index in [0.717, 1.165) is 12.0 Å². The Morgan fingerprint density at radius 2 is 1.62 bits per heavy atom. The lowest BCUT2D eigenvalue weighted by Crippen LogP contribution is -2.13. The Balaban J connectivity index is 2.32. The maximum atomic E-state index is 12.6. The molecule has 0 aliphatic carbocycles. The summed E-state index contributed by atoms with van der Waals surface area (Å²) in [6.45, 7) is 6.63. The lowest BCUT2D eigenvalue weighted by atomic mass is 10.1. The number of rotatable bonds is 8. The number of anilines is 1. The van der Waals surface area contributed by atoms with Gasteiger partial charge in [0.25, 0.3) is 10.0 Å². The van der Waals surface area contributed by atoms with E-state index in [9.17, 15) is 8.42 Å². The van der Waals surface area contributed by atoms with Crippen LogP contribution in [0.1, 0.15) is 26.3 Å². The molecule has 2 aromatic carbocycles. The fraction of sp³-hybridized carbons (Fsp3) is 0.333. The van der Waals surface area contributed by atoms with Gasteiger partial charge < -0.3 is 9.47 Å². The summed E-state index contributed by atoms with van der Waals surface area (Å²) in [5, 5.41) is 0. The SMILES string of the molecule is CCOc1ccc(S(=O)(=O)Nc2cccc(CC)c2)cc1OCC. The first kappa shape index (κ1) is 18.1. The van der Waals surface area contributed by atoms with Gasteiger partial charge in [-0.1, -0.05) is 19.1 Å². The van der Waals surface area contributed by atoms with Gasteiger partial charge in [0.1, 0.15) is 0 Å². The second kappa shape index (κ2) is 8.06. The first-order valence-electron chi connectivity index (χ1n) is 8.01. The summed E-state index contributed by atoms with van der Waals surface area (Å²) in [5.41, 5.74) is 1.61. The summed E-state index contributed by atoms with van der Waals surface area (Å²) in [7, 11) is -3.70. The number of sulfonamides is 1. The highest BCUT2D eigenvalue weighted by Crippen LogP contribution is 2.31. The average Bonchev–Trinajstić information content (AvgIpc) is 2.56. The molecule has 0 saturated carbocycles. The van der Waals surface area contributed by atoms with Gasteiger partial charge in [-0.05, 0) is 50.1 Å². The van der Waals surface area contributed by atoms with E-state index in [1.165, 1.54) is 12.1 Å². The first-order valence-corrected chi connectivity index (χ1v) is 9.49. The van der Waals surface area contributed by atoms with Crippen molar-refractivity contribution in [3.63, 3.8) is 0 Å². The largest absolute Gasteiger partial charge is 0.490 e. The maximum absolute atomic E-state index is 12.6. The maximum Gasteiger partial charge on any atom is 0.262 e. The van der Waals surface area contributed by atoms with Gasteiger partial charge in [-0.25, -0.2) is 8.42 Å². The molecule has 0 atom stereocenters. The number of nitrogens with one attached hydrogen (secondary N) is 1. The summed E-state index contributed by atoms with van der Waals surface area (Å²) in [5.74, 6) is 0.954. The predicted molar refractivity (Wildman–Crippen MR) is 95.4 cm³/mol. The van der Waals surface area contributed by atoms with E-state index in [1.807, 2.05) is 39.0 Å². The molecule has 2 aromatic rings. The van der Waals surface area contributed by atoms with Crippen LogP contribution in [0, 0.1) is 0 Å². The fourth-order valence-electron chi connectivity index (χ4n) is 2.27. The molecule has 0 unspecified atom stereocenters. The van der Waals surface area contributed by atoms with E-state index in [2.05, 4.69) is 4.72 Å². The number of ether oxygens (including phenoxy) is 2. The number of hydrogen-bond donors (Lipinski definition) is 1. The van der Waals surface area contributed by atoms with Gasteiger partial charge in [0.05, 0.1) is 18.1 Å². The minimum atomic E-state index is -3.70. The van der Waals surface area contributed by atoms with Crippen LogP contribution in [0.5, 0.6) is 11.5 Å². The van der Waals surface area contributed by atoms with Crippen LogP contribution in [0.15, 0.2) is 47.4 Å². The fourth-order valence-corrected chi connectivity index (χ4v) is 3.33. The molecule has 5 nitrogen and oxygen atoms in total. The standard InChI is InChI=1S/C18H23NO4S/c1-4-14-8-7-9-15(12-14)19-24(20,21)16-10-11-17(22-5-2)18(13-16)23-6-3/h7-13,19H,4-6H2,1-3H3. The van der Waals surface area contributed by atoms with Crippen molar-refractivity contribution >= 4 is 15.7 Å². The van der Waals surface area contributed by atoms with Crippen molar-refractivity contribution in [3.8, 4) is 11.5 Å². The van der Waals surface area contributed by atoms with E-state index in [1.54, 1.807) is 12.1 Å². The molecule has 0 spiro atoms. The van der Waals surface area contributed by atoms with Crippen molar-refractivity contribution in [2.24, 2.45) is 0 Å². The molecule has 24 heavy (non-hydrogen) atoms. The van der Waals surface area contributed by atoms with Crippen molar-refractivity contribution in [2.75, 3.05) is 17.9 Å². The topological polar surface area (TPSA) is 64.6 Å². The minimum Gasteiger partial charge on any atom is -0.490 e. The summed E-state index contributed by atoms with van der Waals surface area (Å²) >= 11 is 0. The third-order valence-corrected chi connectivity index (χ3v) is 4.79. The zero-order chi connectivity index (χ0) is 17.6. The second-order valence-electron chi connectivity index (χ2n) is 5.13. The van der Waals surface area contributed by atoms with Gasteiger partial charge in [0, 0.05) is 11.8 Å². The van der Waals surface area contributed by atoms with E-state index in [0.29, 0.717) is 30.4 Å². The molecule has 1 N–H and O–H groups in total. The van der Waals surface area contributed by atoms with Crippen molar-refractivity contribution in [2.45, 2.75) is 32.1 Å². The summed E-state index contributed by atoms with van der Waals surface area (Å²) < 4.78 is 38.8. The molecule has 2 rings (SSSR count). The van der Waals surface area contributed by atoms with Gasteiger partial charge in [-0.2, -0.15) is 0 Å². The van der Waals surface area contributed by atoms with Crippen LogP contribution < -0.4 is 14.2 Å². The van der Waals surface area contributed by atoms with Crippen molar-refractivity contribution in [3.05, 3.63) is 48.0 Å². The molecule has 0 fully saturated rings. The molecule has 130 valence electrons. The van der Waals surface area contributed by atoms with E-state index < -0.39 is 10.0 Å². The highest BCUT2D eigenvalue weighted by atomic mass is 32.2. The van der Waals surface area contributed by atoms with Gasteiger partial charge in [-0.15, -0.1) is 0 Å². The summed E-state index contributed by atoms with van der Waals surface area (Å²) in [6, 6.07) is 12.0. The molecule has 6 heteroatoms. The lowest BCUT2D eigenvalue weighted by Gasteiger charge is -2.14. The third kappa shape index (κ3) is 4.41. The molecule has 0 aliphatic heterocycles. The quantitative estimate of drug-likeness (QED) is 0.786. The van der Waals surface area contributed by atoms with Gasteiger partial charge in [0.2, 0.25) is 0 Å². The van der Waals surface area contributed by atoms with Crippen LogP contribution in [0.2, 0.25) is 0 Å². The summed E-state index contributed by atoms with van der Waals surface area (Å²) in [4.78, 5) is 0.135. The summed E-state index contributed by atoms with van der Waals surface area (Å²) in [6.07, 6.45) is 0.840. The minimum absolute atomic E-state index is 0.135. The van der Waals surface area contributed by atoms with E-state index in [4.69, 9.17) is 9.47 Å². The Kier molecular flexibility index (Phi) is 6.09. The Morgan fingerprint density at radius 1 is 0.917 bits per heavy atom. The zero-order valence-electron chi connectivity index (χ0n) is 14.2. The van der Waals surface area contributed by atoms with Crippen LogP contribution in [-0.4, -0.2) is 21.6 Å². The van der Waals surface area contributed by atoms with Gasteiger partial charge in [0.15, 0.2) is 11.5 Å². The predicted octanol–water partition coefficient (Wildman–Crippen LogP) is 3.85. The molecule has 0 amide bonds. The lowest BCUT2D eigenvalue weighted by molar-refractivity contribution is 0.287. The molecule has 0 aliphatic rings. The third-order valence-electron chi connectivity index (χ3n) is 3.41. The van der Waals surface area contributed by atoms with Crippen LogP contribution in [0.3, 0.4) is 0 Å². The molecule has 0 radical (unpaired) electrons. The van der Waals surface area contributed by atoms with Crippen LogP contribution >= 0.6 is 0 Å². The van der Waals surface area contributed by atoms with Crippen molar-refractivity contribution in [1.29, 1.82) is 0 Å². The Labute approximate surface area is 143 Å². The zero-order valence-corrected chi connectivity index (χ0v) is 15.0. The normalized spacial score (nSPS) is 11.1. The molecule has 0 bridgehead atoms. The molecule has 0 saturated heterocycles. The monoisotopic (exact) mass is 349 g/mol. The Hall–Kier alpha value is -2.21. The van der Waals surface area contributed by atoms with Crippen molar-refractivity contribution in [1.82, 2.24) is 0 Å². The molecule has 0 heterocycles. The average molecular weight is 349 g/mol. The van der Waals surface area contributed by atoms with Gasteiger partial charge in [-0.3, -0.25) is 4.72 Å².